The molecule has 2 fully saturated rings. The highest BCUT2D eigenvalue weighted by Crippen LogP contribution is 2.24. The Labute approximate surface area is 141 Å². The maximum absolute atomic E-state index is 12.9. The molecule has 0 spiro atoms. The number of benzene rings is 1. The van der Waals surface area contributed by atoms with Crippen LogP contribution >= 0.6 is 0 Å². The molecule has 0 atom stereocenters. The minimum atomic E-state index is 0.0893. The summed E-state index contributed by atoms with van der Waals surface area (Å²) in [5, 5.41) is 1.06. The first-order chi connectivity index (χ1) is 11.7. The fraction of sp³-hybridized carbons (Fsp3) is 0.474. The lowest BCUT2D eigenvalue weighted by Gasteiger charge is -2.40. The molecule has 1 aromatic carbocycles. The topological polar surface area (TPSA) is 56.4 Å². The van der Waals surface area contributed by atoms with Crippen molar-refractivity contribution in [1.29, 1.82) is 0 Å². The van der Waals surface area contributed by atoms with Crippen molar-refractivity contribution in [3.05, 3.63) is 36.0 Å². The lowest BCUT2D eigenvalue weighted by atomic mass is 9.98. The number of fused-ring (bicyclic) bond motifs is 1. The zero-order chi connectivity index (χ0) is 16.5. The number of para-hydroxylation sites is 1. The smallest absolute Gasteiger partial charge is 0.255 e. The molecule has 1 N–H and O–H groups in total. The second-order valence-electron chi connectivity index (χ2n) is 6.82. The monoisotopic (exact) mass is 325 g/mol. The number of nitrogens with one attached hydrogen (secondary N) is 1. The molecule has 3 heterocycles. The minimum absolute atomic E-state index is 0.0893. The average Bonchev–Trinajstić information content (AvgIpc) is 3.10. The van der Waals surface area contributed by atoms with Crippen LogP contribution < -0.4 is 0 Å². The normalized spacial score (nSPS) is 19.9. The van der Waals surface area contributed by atoms with Gasteiger partial charge in [-0.15, -0.1) is 0 Å². The van der Waals surface area contributed by atoms with Crippen LogP contribution in [0.25, 0.3) is 10.9 Å². The third-order valence-corrected chi connectivity index (χ3v) is 5.37. The summed E-state index contributed by atoms with van der Waals surface area (Å²) >= 11 is 0. The predicted octanol–water partition coefficient (Wildman–Crippen LogP) is 2.79. The van der Waals surface area contributed by atoms with Crippen molar-refractivity contribution < 1.29 is 9.59 Å². The van der Waals surface area contributed by atoms with Crippen LogP contribution in [0.5, 0.6) is 0 Å². The SMILES string of the molecule is O=C(c1cccc2cc[nH]c12)N1CCC(N2CCCCC2=O)CC1. The van der Waals surface area contributed by atoms with Gasteiger partial charge in [0, 0.05) is 43.7 Å². The van der Waals surface area contributed by atoms with E-state index in [1.165, 1.54) is 0 Å². The molecular weight excluding hydrogens is 302 g/mol. The molecule has 0 bridgehead atoms. The molecule has 126 valence electrons. The number of aromatic nitrogens is 1. The van der Waals surface area contributed by atoms with Gasteiger partial charge >= 0.3 is 0 Å². The number of aromatic amines is 1. The summed E-state index contributed by atoms with van der Waals surface area (Å²) in [6.07, 6.45) is 6.46. The maximum Gasteiger partial charge on any atom is 0.255 e. The number of likely N-dealkylation sites (tertiary alicyclic amines) is 2. The third kappa shape index (κ3) is 2.68. The molecule has 24 heavy (non-hydrogen) atoms. The van der Waals surface area contributed by atoms with Crippen molar-refractivity contribution in [1.82, 2.24) is 14.8 Å². The van der Waals surface area contributed by atoms with E-state index in [0.29, 0.717) is 18.4 Å². The first-order valence-electron chi connectivity index (χ1n) is 8.89. The summed E-state index contributed by atoms with van der Waals surface area (Å²) in [6.45, 7) is 2.34. The first-order valence-corrected chi connectivity index (χ1v) is 8.89. The number of nitrogens with zero attached hydrogens (tertiary/aromatic N) is 2. The molecule has 2 aliphatic heterocycles. The molecule has 0 unspecified atom stereocenters. The molecule has 5 heteroatoms. The maximum atomic E-state index is 12.9. The van der Waals surface area contributed by atoms with Crippen LogP contribution in [-0.2, 0) is 4.79 Å². The van der Waals surface area contributed by atoms with Crippen molar-refractivity contribution in [2.75, 3.05) is 19.6 Å². The van der Waals surface area contributed by atoms with Gasteiger partial charge in [-0.1, -0.05) is 12.1 Å². The van der Waals surface area contributed by atoms with E-state index < -0.39 is 0 Å². The standard InChI is InChI=1S/C19H23N3O2/c23-17-6-1-2-11-22(17)15-8-12-21(13-9-15)19(24)16-5-3-4-14-7-10-20-18(14)16/h3-5,7,10,15,20H,1-2,6,8-9,11-13H2. The van der Waals surface area contributed by atoms with Crippen LogP contribution in [0.15, 0.2) is 30.5 Å². The highest BCUT2D eigenvalue weighted by molar-refractivity contribution is 6.05. The van der Waals surface area contributed by atoms with Gasteiger partial charge in [0.25, 0.3) is 5.91 Å². The molecule has 0 aliphatic carbocycles. The summed E-state index contributed by atoms with van der Waals surface area (Å²) < 4.78 is 0. The van der Waals surface area contributed by atoms with Gasteiger partial charge in [0.2, 0.25) is 5.91 Å². The van der Waals surface area contributed by atoms with Crippen molar-refractivity contribution in [2.45, 2.75) is 38.1 Å². The van der Waals surface area contributed by atoms with Gasteiger partial charge in [0.15, 0.2) is 0 Å². The van der Waals surface area contributed by atoms with E-state index in [2.05, 4.69) is 9.88 Å². The van der Waals surface area contributed by atoms with Crippen molar-refractivity contribution in [2.24, 2.45) is 0 Å². The molecule has 2 aromatic rings. The highest BCUT2D eigenvalue weighted by atomic mass is 16.2. The Morgan fingerprint density at radius 1 is 1.08 bits per heavy atom. The Morgan fingerprint density at radius 3 is 2.71 bits per heavy atom. The second kappa shape index (κ2) is 6.30. The van der Waals surface area contributed by atoms with Crippen molar-refractivity contribution in [3.8, 4) is 0 Å². The lowest BCUT2D eigenvalue weighted by molar-refractivity contribution is -0.136. The van der Waals surface area contributed by atoms with E-state index in [-0.39, 0.29) is 5.91 Å². The van der Waals surface area contributed by atoms with Crippen LogP contribution in [0.3, 0.4) is 0 Å². The summed E-state index contributed by atoms with van der Waals surface area (Å²) in [5.41, 5.74) is 1.65. The number of H-pyrrole nitrogens is 1. The van der Waals surface area contributed by atoms with Gasteiger partial charge in [0.1, 0.15) is 0 Å². The van der Waals surface area contributed by atoms with Gasteiger partial charge in [-0.2, -0.15) is 0 Å². The number of carbonyl (C=O) groups is 2. The van der Waals surface area contributed by atoms with Gasteiger partial charge in [-0.05, 0) is 37.8 Å². The van der Waals surface area contributed by atoms with Gasteiger partial charge in [0.05, 0.1) is 11.1 Å². The number of rotatable bonds is 2. The van der Waals surface area contributed by atoms with E-state index in [1.54, 1.807) is 0 Å². The largest absolute Gasteiger partial charge is 0.361 e. The second-order valence-corrected chi connectivity index (χ2v) is 6.82. The van der Waals surface area contributed by atoms with Crippen LogP contribution in [-0.4, -0.2) is 52.3 Å². The zero-order valence-corrected chi connectivity index (χ0v) is 13.8. The molecule has 2 aliphatic rings. The Balaban J connectivity index is 1.45. The quantitative estimate of drug-likeness (QED) is 0.923. The summed E-state index contributed by atoms with van der Waals surface area (Å²) in [7, 11) is 0. The van der Waals surface area contributed by atoms with Crippen molar-refractivity contribution in [3.63, 3.8) is 0 Å². The van der Waals surface area contributed by atoms with E-state index in [4.69, 9.17) is 0 Å². The zero-order valence-electron chi connectivity index (χ0n) is 13.8. The molecule has 0 radical (unpaired) electrons. The summed E-state index contributed by atoms with van der Waals surface area (Å²) in [4.78, 5) is 32.1. The van der Waals surface area contributed by atoms with Crippen LogP contribution in [0, 0.1) is 0 Å². The predicted molar refractivity (Wildman–Crippen MR) is 92.8 cm³/mol. The number of piperidine rings is 2. The molecule has 1 aromatic heterocycles. The first kappa shape index (κ1) is 15.2. The number of carbonyl (C=O) groups excluding carboxylic acids is 2. The summed E-state index contributed by atoms with van der Waals surface area (Å²) in [6, 6.07) is 8.13. The number of hydrogen-bond donors (Lipinski definition) is 1. The number of amides is 2. The molecule has 2 amide bonds. The van der Waals surface area contributed by atoms with E-state index in [1.807, 2.05) is 35.4 Å². The third-order valence-electron chi connectivity index (χ3n) is 5.37. The minimum Gasteiger partial charge on any atom is -0.361 e. The fourth-order valence-electron chi connectivity index (χ4n) is 4.03. The molecule has 4 rings (SSSR count). The molecule has 0 saturated carbocycles. The van der Waals surface area contributed by atoms with Gasteiger partial charge in [-0.3, -0.25) is 9.59 Å². The highest BCUT2D eigenvalue weighted by Gasteiger charge is 2.31. The Bertz CT molecular complexity index is 759. The van der Waals surface area contributed by atoms with Crippen LogP contribution in [0.1, 0.15) is 42.5 Å². The average molecular weight is 325 g/mol. The summed E-state index contributed by atoms with van der Waals surface area (Å²) in [5.74, 6) is 0.383. The number of hydrogen-bond acceptors (Lipinski definition) is 2. The van der Waals surface area contributed by atoms with E-state index in [9.17, 15) is 9.59 Å². The molecular formula is C19H23N3O2. The Morgan fingerprint density at radius 2 is 1.92 bits per heavy atom. The van der Waals surface area contributed by atoms with Gasteiger partial charge in [-0.25, -0.2) is 0 Å². The van der Waals surface area contributed by atoms with E-state index in [0.717, 1.165) is 61.8 Å². The fourth-order valence-corrected chi connectivity index (χ4v) is 4.03. The van der Waals surface area contributed by atoms with Crippen LogP contribution in [0.2, 0.25) is 0 Å². The van der Waals surface area contributed by atoms with E-state index >= 15 is 0 Å². The lowest BCUT2D eigenvalue weighted by Crippen LogP contribution is -2.50. The Hall–Kier alpha value is -2.30. The van der Waals surface area contributed by atoms with Gasteiger partial charge < -0.3 is 14.8 Å². The van der Waals surface area contributed by atoms with Crippen molar-refractivity contribution >= 4 is 22.7 Å². The molecule has 5 nitrogen and oxygen atoms in total. The van der Waals surface area contributed by atoms with Crippen LogP contribution in [0.4, 0.5) is 0 Å². The Kier molecular flexibility index (Phi) is 4.00. The molecule has 2 saturated heterocycles.